The lowest BCUT2D eigenvalue weighted by Crippen LogP contribution is -2.41. The molecule has 1 aromatic carbocycles. The number of carbonyl (C=O) groups is 1. The summed E-state index contributed by atoms with van der Waals surface area (Å²) in [6.45, 7) is 1.48. The molecule has 186 valence electrons. The lowest BCUT2D eigenvalue weighted by atomic mass is 10.1. The number of imidazole rings is 1. The number of pyridine rings is 1. The molecule has 3 unspecified atom stereocenters. The molecule has 3 atom stereocenters. The van der Waals surface area contributed by atoms with E-state index < -0.39 is 0 Å². The summed E-state index contributed by atoms with van der Waals surface area (Å²) in [5, 5.41) is 0.489. The highest BCUT2D eigenvalue weighted by atomic mass is 19.1. The second-order valence-electron chi connectivity index (χ2n) is 10.6. The van der Waals surface area contributed by atoms with Crippen molar-refractivity contribution in [2.45, 2.75) is 44.3 Å². The molecule has 4 heterocycles. The van der Waals surface area contributed by atoms with E-state index >= 15 is 0 Å². The Labute approximate surface area is 207 Å². The number of fused-ring (bicyclic) bond motifs is 4. The van der Waals surface area contributed by atoms with Crippen molar-refractivity contribution in [1.29, 1.82) is 0 Å². The fourth-order valence-electron chi connectivity index (χ4n) is 6.31. The third kappa shape index (κ3) is 3.11. The van der Waals surface area contributed by atoms with Gasteiger partial charge in [0.2, 0.25) is 0 Å². The summed E-state index contributed by atoms with van der Waals surface area (Å²) < 4.78 is 24.5. The zero-order valence-electron chi connectivity index (χ0n) is 20.4. The summed E-state index contributed by atoms with van der Waals surface area (Å²) in [6, 6.07) is 7.03. The monoisotopic (exact) mass is 488 g/mol. The predicted molar refractivity (Wildman–Crippen MR) is 134 cm³/mol. The highest BCUT2D eigenvalue weighted by molar-refractivity contribution is 6.00. The number of halogens is 1. The summed E-state index contributed by atoms with van der Waals surface area (Å²) >= 11 is 0. The van der Waals surface area contributed by atoms with Crippen LogP contribution in [0.25, 0.3) is 33.6 Å². The zero-order valence-corrected chi connectivity index (χ0v) is 20.4. The van der Waals surface area contributed by atoms with Crippen LogP contribution >= 0.6 is 0 Å². The Kier molecular flexibility index (Phi) is 4.70. The van der Waals surface area contributed by atoms with E-state index in [1.165, 1.54) is 12.3 Å². The predicted octanol–water partition coefficient (Wildman–Crippen LogP) is 3.71. The van der Waals surface area contributed by atoms with Crippen LogP contribution in [0.5, 0.6) is 5.75 Å². The van der Waals surface area contributed by atoms with Gasteiger partial charge in [-0.2, -0.15) is 0 Å². The number of methoxy groups -OCH3 is 1. The number of amides is 1. The number of benzene rings is 1. The van der Waals surface area contributed by atoms with Crippen LogP contribution in [-0.4, -0.2) is 55.6 Å². The van der Waals surface area contributed by atoms with Crippen molar-refractivity contribution in [2.75, 3.05) is 13.7 Å². The Balaban J connectivity index is 1.36. The van der Waals surface area contributed by atoms with Crippen LogP contribution in [0.4, 0.5) is 4.39 Å². The van der Waals surface area contributed by atoms with E-state index in [9.17, 15) is 9.18 Å². The lowest BCUT2D eigenvalue weighted by Gasteiger charge is -2.27. The maximum atomic E-state index is 14.7. The number of aromatic nitrogens is 4. The number of likely N-dealkylation sites (tertiary alicyclic amines) is 1. The van der Waals surface area contributed by atoms with Crippen LogP contribution in [0, 0.1) is 17.7 Å². The summed E-state index contributed by atoms with van der Waals surface area (Å²) in [6.07, 6.45) is 5.89. The summed E-state index contributed by atoms with van der Waals surface area (Å²) in [4.78, 5) is 24.9. The minimum atomic E-state index is -0.293. The van der Waals surface area contributed by atoms with Crippen molar-refractivity contribution >= 4 is 28.0 Å². The fourth-order valence-corrected chi connectivity index (χ4v) is 6.31. The number of hydrogen-bond donors (Lipinski definition) is 1. The summed E-state index contributed by atoms with van der Waals surface area (Å²) in [5.41, 5.74) is 9.80. The van der Waals surface area contributed by atoms with E-state index in [0.717, 1.165) is 43.4 Å². The van der Waals surface area contributed by atoms with Crippen LogP contribution in [0.3, 0.4) is 0 Å². The van der Waals surface area contributed by atoms with Crippen LogP contribution in [0.15, 0.2) is 30.5 Å². The molecule has 1 amide bonds. The van der Waals surface area contributed by atoms with Gasteiger partial charge in [0.05, 0.1) is 23.7 Å². The van der Waals surface area contributed by atoms with E-state index in [4.69, 9.17) is 15.5 Å². The molecule has 3 fully saturated rings. The molecule has 0 spiro atoms. The molecule has 36 heavy (non-hydrogen) atoms. The van der Waals surface area contributed by atoms with E-state index in [0.29, 0.717) is 52.1 Å². The molecule has 1 saturated heterocycles. The number of carbonyl (C=O) groups excluding carboxylic acids is 1. The minimum absolute atomic E-state index is 0.0285. The third-order valence-corrected chi connectivity index (χ3v) is 8.43. The topological polar surface area (TPSA) is 91.2 Å². The molecular formula is C27H29FN6O2. The van der Waals surface area contributed by atoms with Gasteiger partial charge in [-0.15, -0.1) is 0 Å². The number of rotatable bonds is 5. The minimum Gasteiger partial charge on any atom is -0.494 e. The van der Waals surface area contributed by atoms with Crippen LogP contribution < -0.4 is 10.5 Å². The maximum absolute atomic E-state index is 14.7. The van der Waals surface area contributed by atoms with Crippen LogP contribution in [0.2, 0.25) is 0 Å². The molecule has 7 rings (SSSR count). The van der Waals surface area contributed by atoms with Gasteiger partial charge in [0, 0.05) is 44.0 Å². The van der Waals surface area contributed by atoms with Gasteiger partial charge in [-0.05, 0) is 61.8 Å². The first-order valence-electron chi connectivity index (χ1n) is 12.7. The fraction of sp³-hybridized carbons (Fsp3) is 0.444. The first-order chi connectivity index (χ1) is 17.4. The van der Waals surface area contributed by atoms with Crippen LogP contribution in [0.1, 0.15) is 36.0 Å². The number of aryl methyl sites for hydroxylation is 1. The largest absolute Gasteiger partial charge is 0.494 e. The second kappa shape index (κ2) is 7.77. The highest BCUT2D eigenvalue weighted by Crippen LogP contribution is 2.40. The van der Waals surface area contributed by atoms with Gasteiger partial charge in [-0.3, -0.25) is 4.79 Å². The molecule has 3 aromatic heterocycles. The normalized spacial score (nSPS) is 23.3. The Hall–Kier alpha value is -3.46. The number of ether oxygens (including phenoxy) is 1. The highest BCUT2D eigenvalue weighted by Gasteiger charge is 2.47. The van der Waals surface area contributed by atoms with Crippen molar-refractivity contribution in [3.63, 3.8) is 0 Å². The molecule has 2 aliphatic carbocycles. The Morgan fingerprint density at radius 1 is 1.22 bits per heavy atom. The second-order valence-corrected chi connectivity index (χ2v) is 10.6. The Morgan fingerprint density at radius 3 is 2.75 bits per heavy atom. The van der Waals surface area contributed by atoms with Gasteiger partial charge in [0.15, 0.2) is 5.82 Å². The van der Waals surface area contributed by atoms with Gasteiger partial charge >= 0.3 is 0 Å². The molecule has 3 aliphatic rings. The Morgan fingerprint density at radius 2 is 2.06 bits per heavy atom. The number of piperidine rings is 1. The third-order valence-electron chi connectivity index (χ3n) is 8.43. The quantitative estimate of drug-likeness (QED) is 0.463. The first kappa shape index (κ1) is 21.8. The van der Waals surface area contributed by atoms with Crippen molar-refractivity contribution in [1.82, 2.24) is 24.0 Å². The standard InChI is InChI=1S/C27H29FN6O2/c1-32-24-19(9-16(10-22(24)36-2)27(35)34-13-15-5-6-20(34)23(15)29)31-26(32)21-11-17-18(28)7-8-30-25(17)33(21)12-14-3-4-14/h7-11,14-15,20,23H,3-6,12-13,29H2,1-2H3. The van der Waals surface area contributed by atoms with Gasteiger partial charge in [0.25, 0.3) is 5.91 Å². The smallest absolute Gasteiger partial charge is 0.254 e. The zero-order chi connectivity index (χ0) is 24.7. The SMILES string of the molecule is COc1cc(C(=O)N2CC3CCC2C3N)cc2nc(-c3cc4c(F)ccnc4n3CC3CC3)n(C)c12. The van der Waals surface area contributed by atoms with E-state index in [-0.39, 0.29) is 23.8 Å². The molecular weight excluding hydrogens is 459 g/mol. The number of nitrogens with two attached hydrogens (primary N) is 1. The molecule has 4 aromatic rings. The van der Waals surface area contributed by atoms with Gasteiger partial charge < -0.3 is 24.5 Å². The van der Waals surface area contributed by atoms with Crippen molar-refractivity contribution in [2.24, 2.45) is 24.6 Å². The Bertz CT molecular complexity index is 1540. The average molecular weight is 489 g/mol. The number of hydrogen-bond acceptors (Lipinski definition) is 5. The van der Waals surface area contributed by atoms with Gasteiger partial charge in [0.1, 0.15) is 22.7 Å². The van der Waals surface area contributed by atoms with Crippen molar-refractivity contribution in [3.05, 3.63) is 41.8 Å². The molecule has 2 bridgehead atoms. The average Bonchev–Trinajstić information content (AvgIpc) is 3.27. The molecule has 2 saturated carbocycles. The molecule has 1 aliphatic heterocycles. The molecule has 9 heteroatoms. The van der Waals surface area contributed by atoms with E-state index in [1.54, 1.807) is 13.2 Å². The van der Waals surface area contributed by atoms with E-state index in [1.807, 2.05) is 28.6 Å². The maximum Gasteiger partial charge on any atom is 0.254 e. The first-order valence-corrected chi connectivity index (χ1v) is 12.7. The van der Waals surface area contributed by atoms with Crippen LogP contribution in [-0.2, 0) is 13.6 Å². The molecule has 0 radical (unpaired) electrons. The molecule has 8 nitrogen and oxygen atoms in total. The molecule has 2 N–H and O–H groups in total. The van der Waals surface area contributed by atoms with Gasteiger partial charge in [-0.1, -0.05) is 0 Å². The summed E-state index contributed by atoms with van der Waals surface area (Å²) in [7, 11) is 3.53. The lowest BCUT2D eigenvalue weighted by molar-refractivity contribution is 0.0700. The number of nitrogens with zero attached hydrogens (tertiary/aromatic N) is 5. The van der Waals surface area contributed by atoms with Gasteiger partial charge in [-0.25, -0.2) is 14.4 Å². The van der Waals surface area contributed by atoms with Crippen molar-refractivity contribution < 1.29 is 13.9 Å². The van der Waals surface area contributed by atoms with E-state index in [2.05, 4.69) is 9.55 Å². The summed E-state index contributed by atoms with van der Waals surface area (Å²) in [5.74, 6) is 1.90. The van der Waals surface area contributed by atoms with Crippen molar-refractivity contribution in [3.8, 4) is 17.3 Å².